The van der Waals surface area contributed by atoms with Crippen LogP contribution in [0.4, 0.5) is 4.79 Å². The standard InChI is InChI=1S/C15H18ClN3O2S/c1-9-13(10(2)19-15(21)17-7-8-20)22-14(18-9)11-3-5-12(16)6-4-11/h3-6,10,20H,7-8H2,1-2H3,(H2,17,19,21). The molecule has 0 fully saturated rings. The lowest BCUT2D eigenvalue weighted by Gasteiger charge is -2.13. The largest absolute Gasteiger partial charge is 0.395 e. The van der Waals surface area contributed by atoms with Crippen LogP contribution in [0.25, 0.3) is 10.6 Å². The second-order valence-electron chi connectivity index (χ2n) is 4.82. The summed E-state index contributed by atoms with van der Waals surface area (Å²) in [6, 6.07) is 7.06. The SMILES string of the molecule is Cc1nc(-c2ccc(Cl)cc2)sc1C(C)NC(=O)NCCO. The van der Waals surface area contributed by atoms with E-state index in [0.29, 0.717) is 5.02 Å². The van der Waals surface area contributed by atoms with E-state index in [-0.39, 0.29) is 25.2 Å². The normalized spacial score (nSPS) is 12.0. The summed E-state index contributed by atoms with van der Waals surface area (Å²) >= 11 is 7.44. The van der Waals surface area contributed by atoms with Crippen LogP contribution in [0.1, 0.15) is 23.5 Å². The Hall–Kier alpha value is -1.63. The maximum atomic E-state index is 11.6. The average Bonchev–Trinajstić information content (AvgIpc) is 2.88. The van der Waals surface area contributed by atoms with E-state index in [2.05, 4.69) is 15.6 Å². The molecule has 0 saturated heterocycles. The fourth-order valence-corrected chi connectivity index (χ4v) is 3.21. The molecule has 5 nitrogen and oxygen atoms in total. The number of hydrogen-bond acceptors (Lipinski definition) is 4. The molecule has 0 aliphatic heterocycles. The van der Waals surface area contributed by atoms with E-state index < -0.39 is 0 Å². The van der Waals surface area contributed by atoms with E-state index in [0.717, 1.165) is 21.1 Å². The molecule has 0 spiro atoms. The summed E-state index contributed by atoms with van der Waals surface area (Å²) in [6.07, 6.45) is 0. The number of halogens is 1. The first-order chi connectivity index (χ1) is 10.5. The Morgan fingerprint density at radius 2 is 2.09 bits per heavy atom. The van der Waals surface area contributed by atoms with Gasteiger partial charge in [0.15, 0.2) is 0 Å². The Balaban J connectivity index is 2.12. The van der Waals surface area contributed by atoms with Crippen molar-refractivity contribution in [1.82, 2.24) is 15.6 Å². The molecule has 22 heavy (non-hydrogen) atoms. The van der Waals surface area contributed by atoms with E-state index in [9.17, 15) is 4.79 Å². The summed E-state index contributed by atoms with van der Waals surface area (Å²) in [5.74, 6) is 0. The minimum Gasteiger partial charge on any atom is -0.395 e. The van der Waals surface area contributed by atoms with Crippen molar-refractivity contribution in [3.05, 3.63) is 39.9 Å². The zero-order valence-corrected chi connectivity index (χ0v) is 14.0. The Kier molecular flexibility index (Phi) is 5.76. The predicted molar refractivity (Wildman–Crippen MR) is 89.3 cm³/mol. The zero-order chi connectivity index (χ0) is 16.1. The van der Waals surface area contributed by atoms with Crippen LogP contribution in [-0.4, -0.2) is 29.3 Å². The molecule has 2 amide bonds. The third-order valence-corrected chi connectivity index (χ3v) is 4.70. The molecule has 0 aliphatic carbocycles. The molecular formula is C15H18ClN3O2S. The first kappa shape index (κ1) is 16.7. The second kappa shape index (κ2) is 7.58. The van der Waals surface area contributed by atoms with E-state index in [1.54, 1.807) is 11.3 Å². The van der Waals surface area contributed by atoms with Crippen LogP contribution in [0.15, 0.2) is 24.3 Å². The highest BCUT2D eigenvalue weighted by Crippen LogP contribution is 2.32. The van der Waals surface area contributed by atoms with Crippen LogP contribution in [0.3, 0.4) is 0 Å². The van der Waals surface area contributed by atoms with Crippen LogP contribution in [0.5, 0.6) is 0 Å². The van der Waals surface area contributed by atoms with Gasteiger partial charge in [-0.1, -0.05) is 23.7 Å². The number of thiazole rings is 1. The fourth-order valence-electron chi connectivity index (χ4n) is 2.01. The van der Waals surface area contributed by atoms with Crippen molar-refractivity contribution < 1.29 is 9.90 Å². The zero-order valence-electron chi connectivity index (χ0n) is 12.4. The van der Waals surface area contributed by atoms with Crippen molar-refractivity contribution in [2.24, 2.45) is 0 Å². The number of amides is 2. The van der Waals surface area contributed by atoms with Gasteiger partial charge in [-0.05, 0) is 26.0 Å². The van der Waals surface area contributed by atoms with Crippen molar-refractivity contribution in [3.8, 4) is 10.6 Å². The first-order valence-electron chi connectivity index (χ1n) is 6.89. The molecule has 7 heteroatoms. The van der Waals surface area contributed by atoms with Crippen LogP contribution in [0.2, 0.25) is 5.02 Å². The highest BCUT2D eigenvalue weighted by Gasteiger charge is 2.17. The monoisotopic (exact) mass is 339 g/mol. The lowest BCUT2D eigenvalue weighted by molar-refractivity contribution is 0.231. The highest BCUT2D eigenvalue weighted by molar-refractivity contribution is 7.15. The summed E-state index contributed by atoms with van der Waals surface area (Å²) in [5, 5.41) is 15.7. The maximum absolute atomic E-state index is 11.6. The summed E-state index contributed by atoms with van der Waals surface area (Å²) in [4.78, 5) is 17.2. The van der Waals surface area contributed by atoms with E-state index in [4.69, 9.17) is 16.7 Å². The molecule has 2 rings (SSSR count). The topological polar surface area (TPSA) is 74.2 Å². The summed E-state index contributed by atoms with van der Waals surface area (Å²) in [7, 11) is 0. The van der Waals surface area contributed by atoms with Crippen molar-refractivity contribution in [2.45, 2.75) is 19.9 Å². The lowest BCUT2D eigenvalue weighted by atomic mass is 10.2. The Bertz CT molecular complexity index is 643. The number of nitrogens with one attached hydrogen (secondary N) is 2. The number of aromatic nitrogens is 1. The van der Waals surface area contributed by atoms with Gasteiger partial charge in [0.25, 0.3) is 0 Å². The molecule has 1 aromatic heterocycles. The number of hydrogen-bond donors (Lipinski definition) is 3. The van der Waals surface area contributed by atoms with E-state index in [1.807, 2.05) is 38.1 Å². The number of aliphatic hydroxyl groups excluding tert-OH is 1. The molecule has 3 N–H and O–H groups in total. The van der Waals surface area contributed by atoms with Gasteiger partial charge in [0.05, 0.1) is 23.2 Å². The van der Waals surface area contributed by atoms with Crippen molar-refractivity contribution in [3.63, 3.8) is 0 Å². The lowest BCUT2D eigenvalue weighted by Crippen LogP contribution is -2.38. The third kappa shape index (κ3) is 4.19. The van der Waals surface area contributed by atoms with Gasteiger partial charge in [-0.25, -0.2) is 9.78 Å². The van der Waals surface area contributed by atoms with Gasteiger partial charge >= 0.3 is 6.03 Å². The molecule has 1 unspecified atom stereocenters. The van der Waals surface area contributed by atoms with E-state index >= 15 is 0 Å². The number of benzene rings is 1. The van der Waals surface area contributed by atoms with Gasteiger partial charge in [-0.3, -0.25) is 0 Å². The minimum atomic E-state index is -0.303. The molecule has 1 atom stereocenters. The first-order valence-corrected chi connectivity index (χ1v) is 8.09. The summed E-state index contributed by atoms with van der Waals surface area (Å²) < 4.78 is 0. The third-order valence-electron chi connectivity index (χ3n) is 3.06. The van der Waals surface area contributed by atoms with Crippen LogP contribution in [0, 0.1) is 6.92 Å². The van der Waals surface area contributed by atoms with Gasteiger partial charge in [0.2, 0.25) is 0 Å². The fraction of sp³-hybridized carbons (Fsp3) is 0.333. The molecular weight excluding hydrogens is 322 g/mol. The number of urea groups is 1. The summed E-state index contributed by atoms with van der Waals surface area (Å²) in [5.41, 5.74) is 1.89. The molecule has 0 aliphatic rings. The Morgan fingerprint density at radius 3 is 2.73 bits per heavy atom. The molecule has 1 heterocycles. The summed E-state index contributed by atoms with van der Waals surface area (Å²) in [6.45, 7) is 3.98. The molecule has 1 aromatic carbocycles. The Labute approximate surface area is 138 Å². The van der Waals surface area contributed by atoms with Crippen LogP contribution < -0.4 is 10.6 Å². The smallest absolute Gasteiger partial charge is 0.315 e. The number of carbonyl (C=O) groups is 1. The highest BCUT2D eigenvalue weighted by atomic mass is 35.5. The number of aryl methyl sites for hydroxylation is 1. The van der Waals surface area contributed by atoms with Crippen molar-refractivity contribution in [1.29, 1.82) is 0 Å². The van der Waals surface area contributed by atoms with Crippen molar-refractivity contribution >= 4 is 29.0 Å². The van der Waals surface area contributed by atoms with E-state index in [1.165, 1.54) is 0 Å². The van der Waals surface area contributed by atoms with Gasteiger partial charge < -0.3 is 15.7 Å². The minimum absolute atomic E-state index is 0.0812. The number of aliphatic hydroxyl groups is 1. The van der Waals surface area contributed by atoms with Crippen molar-refractivity contribution in [2.75, 3.05) is 13.2 Å². The molecule has 0 radical (unpaired) electrons. The van der Waals surface area contributed by atoms with Gasteiger partial charge in [0.1, 0.15) is 5.01 Å². The van der Waals surface area contributed by atoms with Gasteiger partial charge in [-0.15, -0.1) is 11.3 Å². The molecule has 2 aromatic rings. The number of rotatable bonds is 5. The molecule has 0 bridgehead atoms. The molecule has 0 saturated carbocycles. The quantitative estimate of drug-likeness (QED) is 0.783. The van der Waals surface area contributed by atoms with Crippen LogP contribution in [-0.2, 0) is 0 Å². The van der Waals surface area contributed by atoms with Gasteiger partial charge in [-0.2, -0.15) is 0 Å². The second-order valence-corrected chi connectivity index (χ2v) is 6.29. The number of nitrogens with zero attached hydrogens (tertiary/aromatic N) is 1. The molecule has 118 valence electrons. The Morgan fingerprint density at radius 1 is 1.41 bits per heavy atom. The maximum Gasteiger partial charge on any atom is 0.315 e. The number of carbonyl (C=O) groups excluding carboxylic acids is 1. The van der Waals surface area contributed by atoms with Crippen LogP contribution >= 0.6 is 22.9 Å². The average molecular weight is 340 g/mol. The predicted octanol–water partition coefficient (Wildman–Crippen LogP) is 3.12. The van der Waals surface area contributed by atoms with Gasteiger partial charge in [0, 0.05) is 17.1 Å².